The minimum absolute atomic E-state index is 0.123. The molecule has 0 aromatic rings. The van der Waals surface area contributed by atoms with Crippen molar-refractivity contribution in [2.75, 3.05) is 19.8 Å². The van der Waals surface area contributed by atoms with Crippen molar-refractivity contribution in [2.45, 2.75) is 119 Å². The van der Waals surface area contributed by atoms with Gasteiger partial charge in [0.15, 0.2) is 23.8 Å². The van der Waals surface area contributed by atoms with Crippen molar-refractivity contribution < 1.29 is 63.7 Å². The highest BCUT2D eigenvalue weighted by Crippen LogP contribution is 2.42. The summed E-state index contributed by atoms with van der Waals surface area (Å²) in [7, 11) is 0. The van der Waals surface area contributed by atoms with Gasteiger partial charge < -0.3 is 44.5 Å². The van der Waals surface area contributed by atoms with Crippen LogP contribution >= 0.6 is 0 Å². The molecule has 0 fully saturated rings. The summed E-state index contributed by atoms with van der Waals surface area (Å²) in [6.45, 7) is 18.4. The summed E-state index contributed by atoms with van der Waals surface area (Å²) in [5.74, 6) is -3.58. The number of aliphatic hydroxyl groups is 5. The fourth-order valence-electron chi connectivity index (χ4n) is 8.06. The number of esters is 2. The lowest BCUT2D eigenvalue weighted by Gasteiger charge is -2.37. The van der Waals surface area contributed by atoms with Crippen molar-refractivity contribution in [1.82, 2.24) is 0 Å². The van der Waals surface area contributed by atoms with E-state index in [9.17, 15) is 44.7 Å². The second-order valence-corrected chi connectivity index (χ2v) is 18.5. The summed E-state index contributed by atoms with van der Waals surface area (Å²) in [5.41, 5.74) is 6.09. The van der Waals surface area contributed by atoms with Gasteiger partial charge in [0, 0.05) is 11.6 Å². The Morgan fingerprint density at radius 1 is 0.667 bits per heavy atom. The van der Waals surface area contributed by atoms with Crippen molar-refractivity contribution in [1.29, 1.82) is 0 Å². The van der Waals surface area contributed by atoms with Crippen molar-refractivity contribution in [2.24, 2.45) is 10.8 Å². The summed E-state index contributed by atoms with van der Waals surface area (Å²) in [5, 5.41) is 49.7. The minimum atomic E-state index is -1.37. The average Bonchev–Trinajstić information content (AvgIpc) is 3.75. The molecule has 13 nitrogen and oxygen atoms in total. The predicted molar refractivity (Wildman–Crippen MR) is 252 cm³/mol. The van der Waals surface area contributed by atoms with E-state index in [2.05, 4.69) is 0 Å². The quantitative estimate of drug-likeness (QED) is 0.0621. The summed E-state index contributed by atoms with van der Waals surface area (Å²) in [6.07, 6.45) is 23.2. The monoisotopic (exact) mass is 910 g/mol. The molecule has 4 aliphatic rings. The number of ether oxygens (including phenoxy) is 4. The fourth-order valence-corrected chi connectivity index (χ4v) is 8.06. The van der Waals surface area contributed by atoms with Crippen LogP contribution in [0, 0.1) is 10.8 Å². The lowest BCUT2D eigenvalue weighted by atomic mass is 9.71. The molecule has 0 bridgehead atoms. The first-order valence-corrected chi connectivity index (χ1v) is 22.0. The van der Waals surface area contributed by atoms with Crippen LogP contribution in [0.15, 0.2) is 153 Å². The van der Waals surface area contributed by atoms with Gasteiger partial charge in [-0.1, -0.05) is 135 Å². The van der Waals surface area contributed by atoms with Gasteiger partial charge in [-0.15, -0.1) is 0 Å². The number of hydrogen-bond donors (Lipinski definition) is 5. The fraction of sp³-hybridized carbons (Fsp3) is 0.434. The first-order chi connectivity index (χ1) is 31.0. The van der Waals surface area contributed by atoms with E-state index in [0.717, 1.165) is 39.5 Å². The molecule has 0 aromatic heterocycles. The second-order valence-electron chi connectivity index (χ2n) is 18.5. The highest BCUT2D eigenvalue weighted by atomic mass is 16.6. The van der Waals surface area contributed by atoms with Gasteiger partial charge in [0.2, 0.25) is 11.5 Å². The molecule has 2 aliphatic heterocycles. The number of cyclic esters (lactones) is 2. The molecule has 4 rings (SSSR count). The lowest BCUT2D eigenvalue weighted by molar-refractivity contribution is -0.150. The number of aliphatic hydroxyl groups excluding tert-OH is 5. The third-order valence-electron chi connectivity index (χ3n) is 12.0. The molecule has 2 aliphatic carbocycles. The van der Waals surface area contributed by atoms with Gasteiger partial charge >= 0.3 is 11.9 Å². The summed E-state index contributed by atoms with van der Waals surface area (Å²) >= 11 is 0. The van der Waals surface area contributed by atoms with E-state index in [0.29, 0.717) is 24.0 Å². The van der Waals surface area contributed by atoms with Gasteiger partial charge in [-0.2, -0.15) is 0 Å². The van der Waals surface area contributed by atoms with E-state index in [1.54, 1.807) is 13.8 Å². The van der Waals surface area contributed by atoms with E-state index in [4.69, 9.17) is 18.9 Å². The Labute approximate surface area is 388 Å². The first-order valence-electron chi connectivity index (χ1n) is 22.0. The molecule has 66 heavy (non-hydrogen) atoms. The molecular weight excluding hydrogens is 845 g/mol. The maximum absolute atomic E-state index is 13.3. The van der Waals surface area contributed by atoms with Crippen LogP contribution in [0.2, 0.25) is 0 Å². The van der Waals surface area contributed by atoms with Gasteiger partial charge in [0.05, 0.1) is 19.8 Å². The number of carbonyl (C=O) groups is 4. The van der Waals surface area contributed by atoms with Crippen LogP contribution in [0.5, 0.6) is 0 Å². The molecule has 0 radical (unpaired) electrons. The van der Waals surface area contributed by atoms with Crippen LogP contribution in [0.25, 0.3) is 0 Å². The molecule has 0 saturated carbocycles. The van der Waals surface area contributed by atoms with Gasteiger partial charge in [-0.05, 0) is 87.5 Å². The Bertz CT molecular complexity index is 2310. The van der Waals surface area contributed by atoms with Crippen molar-refractivity contribution in [3.63, 3.8) is 0 Å². The summed E-state index contributed by atoms with van der Waals surface area (Å²) < 4.78 is 21.5. The molecule has 5 N–H and O–H groups in total. The number of rotatable bonds is 19. The average molecular weight is 911 g/mol. The van der Waals surface area contributed by atoms with E-state index in [1.807, 2.05) is 140 Å². The maximum Gasteiger partial charge on any atom is 0.374 e. The molecule has 0 amide bonds. The molecule has 6 atom stereocenters. The maximum atomic E-state index is 13.3. The van der Waals surface area contributed by atoms with Crippen molar-refractivity contribution >= 4 is 23.5 Å². The van der Waals surface area contributed by atoms with Crippen LogP contribution in [-0.2, 0) is 38.1 Å². The molecule has 2 heterocycles. The zero-order chi connectivity index (χ0) is 49.1. The standard InChI is InChI=1S/C53H66O13/c1-31(17-13-19-33(3)21-23-38-35(5)46(58)44(26-52(38,7)8)63-29-41(56)43-25-40(55)50(61)65-43)15-11-12-16-32(2)18-14-20-34(4)22-24-39-36(6)47(59)45(27-53(39,9)10)64-30-42(57)49-37(28-54)48(60)51(62)66-49/h11-25,41-45,49,54-57,60H,26-30H2,1-10H3/b12-11+,17-13+,18-14+,23-21+,24-22+,31-15+,32-16+,33-19+,34-20+. The molecule has 0 aromatic carbocycles. The predicted octanol–water partition coefficient (Wildman–Crippen LogP) is 7.77. The van der Waals surface area contributed by atoms with Crippen molar-refractivity contribution in [3.8, 4) is 0 Å². The van der Waals surface area contributed by atoms with Crippen LogP contribution < -0.4 is 0 Å². The number of Topliss-reactive ketones (excluding diaryl/α,β-unsaturated/α-hetero) is 2. The zero-order valence-corrected chi connectivity index (χ0v) is 39.7. The Hall–Kier alpha value is -5.70. The Balaban J connectivity index is 1.26. The number of allylic oxidation sites excluding steroid dienone is 20. The lowest BCUT2D eigenvalue weighted by Crippen LogP contribution is -2.41. The zero-order valence-electron chi connectivity index (χ0n) is 39.7. The highest BCUT2D eigenvalue weighted by molar-refractivity contribution is 6.01. The molecule has 0 spiro atoms. The third kappa shape index (κ3) is 13.9. The van der Waals surface area contributed by atoms with E-state index in [-0.39, 0.29) is 35.8 Å². The van der Waals surface area contributed by atoms with Gasteiger partial charge in [0.1, 0.15) is 24.4 Å². The second kappa shape index (κ2) is 23.2. The molecule has 0 saturated heterocycles. The van der Waals surface area contributed by atoms with E-state index >= 15 is 0 Å². The molecule has 13 heteroatoms. The largest absolute Gasteiger partial charge is 0.502 e. The number of hydrogen-bond acceptors (Lipinski definition) is 13. The number of carbonyl (C=O) groups excluding carboxylic acids is 4. The minimum Gasteiger partial charge on any atom is -0.502 e. The van der Waals surface area contributed by atoms with Crippen LogP contribution in [0.4, 0.5) is 0 Å². The van der Waals surface area contributed by atoms with E-state index in [1.165, 1.54) is 0 Å². The van der Waals surface area contributed by atoms with Crippen LogP contribution in [-0.4, -0.2) is 105 Å². The number of ketones is 2. The third-order valence-corrected chi connectivity index (χ3v) is 12.0. The molecule has 6 unspecified atom stereocenters. The Morgan fingerprint density at radius 2 is 1.09 bits per heavy atom. The first kappa shape index (κ1) is 52.9. The molecule has 356 valence electrons. The van der Waals surface area contributed by atoms with E-state index < -0.39 is 72.1 Å². The van der Waals surface area contributed by atoms with Gasteiger partial charge in [0.25, 0.3) is 0 Å². The summed E-state index contributed by atoms with van der Waals surface area (Å²) in [4.78, 5) is 49.7. The SMILES string of the molecule is CC1=C(/C=C/C(C)=C/C=C/C(C)=C/C=C/C=C(C)/C=C/C=C(C)/C=C/C2=C(C)C(=O)C(OCC(O)C3OC(=O)C(O)=C3CO)CC2(C)C)C(C)(C)CC(OCC(O)C2C=C(O)C(=O)O2)C1=O. The van der Waals surface area contributed by atoms with Crippen LogP contribution in [0.1, 0.15) is 82.1 Å². The Kier molecular flexibility index (Phi) is 18.6. The normalized spacial score (nSPS) is 25.8. The topological polar surface area (TPSA) is 206 Å². The summed E-state index contributed by atoms with van der Waals surface area (Å²) in [6, 6.07) is 0. The van der Waals surface area contributed by atoms with Crippen molar-refractivity contribution in [3.05, 3.63) is 153 Å². The van der Waals surface area contributed by atoms with Gasteiger partial charge in [-0.3, -0.25) is 9.59 Å². The van der Waals surface area contributed by atoms with Crippen LogP contribution in [0.3, 0.4) is 0 Å². The molecular formula is C53H66O13. The smallest absolute Gasteiger partial charge is 0.374 e. The Morgan fingerprint density at radius 3 is 1.52 bits per heavy atom. The van der Waals surface area contributed by atoms with Gasteiger partial charge in [-0.25, -0.2) is 9.59 Å². The highest BCUT2D eigenvalue weighted by Gasteiger charge is 2.42.